The summed E-state index contributed by atoms with van der Waals surface area (Å²) in [5.41, 5.74) is 5.57. The average Bonchev–Trinajstić information content (AvgIpc) is 2.12. The Balaban J connectivity index is 3.90. The first kappa shape index (κ1) is 14.9. The second kappa shape index (κ2) is 7.22. The number of nitrogens with one attached hydrogen (secondary N) is 1. The lowest BCUT2D eigenvalue weighted by atomic mass is 10.0. The van der Waals surface area contributed by atoms with E-state index in [-0.39, 0.29) is 24.8 Å². The summed E-state index contributed by atoms with van der Waals surface area (Å²) in [5, 5.41) is 11.2. The van der Waals surface area contributed by atoms with Crippen molar-refractivity contribution in [3.8, 4) is 0 Å². The van der Waals surface area contributed by atoms with E-state index in [1.807, 2.05) is 6.92 Å². The molecule has 0 rings (SSSR count). The number of nitrogens with two attached hydrogens (primary N) is 1. The van der Waals surface area contributed by atoms with Crippen LogP contribution in [0, 0.1) is 5.92 Å². The zero-order valence-corrected chi connectivity index (χ0v) is 10.2. The van der Waals surface area contributed by atoms with Crippen LogP contribution in [0.1, 0.15) is 40.0 Å². The first-order valence-corrected chi connectivity index (χ1v) is 5.60. The molecule has 4 N–H and O–H groups in total. The Morgan fingerprint density at radius 3 is 2.31 bits per heavy atom. The minimum absolute atomic E-state index is 0.0726. The van der Waals surface area contributed by atoms with Gasteiger partial charge in [0.1, 0.15) is 0 Å². The van der Waals surface area contributed by atoms with Crippen LogP contribution in [-0.4, -0.2) is 29.1 Å². The predicted molar refractivity (Wildman–Crippen MR) is 61.9 cm³/mol. The minimum atomic E-state index is -0.932. The van der Waals surface area contributed by atoms with Gasteiger partial charge in [0.05, 0.1) is 6.04 Å². The predicted octanol–water partition coefficient (Wildman–Crippen LogP) is 0.729. The van der Waals surface area contributed by atoms with Crippen LogP contribution in [0.3, 0.4) is 0 Å². The lowest BCUT2D eigenvalue weighted by molar-refractivity contribution is -0.137. The van der Waals surface area contributed by atoms with Gasteiger partial charge in [0.15, 0.2) is 0 Å². The van der Waals surface area contributed by atoms with Crippen molar-refractivity contribution in [2.45, 2.75) is 52.1 Å². The average molecular weight is 230 g/mol. The molecule has 0 spiro atoms. The molecule has 0 bridgehead atoms. The molecule has 0 aliphatic carbocycles. The summed E-state index contributed by atoms with van der Waals surface area (Å²) in [5.74, 6) is -0.696. The first-order valence-electron chi connectivity index (χ1n) is 5.60. The normalized spacial score (nSPS) is 14.6. The summed E-state index contributed by atoms with van der Waals surface area (Å²) in [7, 11) is 0. The standard InChI is InChI=1S/C11H22N2O3/c1-7(2)6-8(3)13-11(16)9(12)4-5-10(14)15/h7-9H,4-6,12H2,1-3H3,(H,13,16)(H,14,15). The van der Waals surface area contributed by atoms with E-state index in [2.05, 4.69) is 19.2 Å². The number of rotatable bonds is 7. The highest BCUT2D eigenvalue weighted by atomic mass is 16.4. The Kier molecular flexibility index (Phi) is 6.72. The Morgan fingerprint density at radius 1 is 1.31 bits per heavy atom. The number of hydrogen-bond donors (Lipinski definition) is 3. The molecule has 0 saturated heterocycles. The smallest absolute Gasteiger partial charge is 0.303 e. The number of carboxylic acid groups (broad SMARTS) is 1. The van der Waals surface area contributed by atoms with E-state index in [0.29, 0.717) is 5.92 Å². The highest BCUT2D eigenvalue weighted by Crippen LogP contribution is 2.04. The fraction of sp³-hybridized carbons (Fsp3) is 0.818. The van der Waals surface area contributed by atoms with Crippen molar-refractivity contribution in [2.75, 3.05) is 0 Å². The van der Waals surface area contributed by atoms with Gasteiger partial charge in [-0.1, -0.05) is 13.8 Å². The SMILES string of the molecule is CC(C)CC(C)NC(=O)C(N)CCC(=O)O. The maximum atomic E-state index is 11.5. The molecule has 0 aromatic heterocycles. The molecule has 16 heavy (non-hydrogen) atoms. The van der Waals surface area contributed by atoms with Crippen molar-refractivity contribution in [1.82, 2.24) is 5.32 Å². The maximum Gasteiger partial charge on any atom is 0.303 e. The summed E-state index contributed by atoms with van der Waals surface area (Å²) in [4.78, 5) is 21.8. The van der Waals surface area contributed by atoms with Crippen LogP contribution in [0.15, 0.2) is 0 Å². The van der Waals surface area contributed by atoms with Gasteiger partial charge >= 0.3 is 5.97 Å². The molecule has 94 valence electrons. The molecule has 0 heterocycles. The maximum absolute atomic E-state index is 11.5. The fourth-order valence-electron chi connectivity index (χ4n) is 1.53. The Hall–Kier alpha value is -1.10. The summed E-state index contributed by atoms with van der Waals surface area (Å²) >= 11 is 0. The number of carbonyl (C=O) groups is 2. The molecular formula is C11H22N2O3. The second-order valence-electron chi connectivity index (χ2n) is 4.58. The number of amides is 1. The van der Waals surface area contributed by atoms with E-state index < -0.39 is 12.0 Å². The lowest BCUT2D eigenvalue weighted by Gasteiger charge is -2.18. The molecule has 0 aromatic rings. The molecule has 0 fully saturated rings. The number of carbonyl (C=O) groups excluding carboxylic acids is 1. The Labute approximate surface area is 96.4 Å². The molecule has 2 atom stereocenters. The van der Waals surface area contributed by atoms with Gasteiger partial charge < -0.3 is 16.2 Å². The van der Waals surface area contributed by atoms with Crippen LogP contribution in [0.5, 0.6) is 0 Å². The number of carboxylic acids is 1. The molecule has 0 aromatic carbocycles. The third kappa shape index (κ3) is 7.23. The van der Waals surface area contributed by atoms with Gasteiger partial charge in [-0.25, -0.2) is 0 Å². The van der Waals surface area contributed by atoms with E-state index in [1.165, 1.54) is 0 Å². The summed E-state index contributed by atoms with van der Waals surface area (Å²) < 4.78 is 0. The van der Waals surface area contributed by atoms with Crippen LogP contribution in [0.4, 0.5) is 0 Å². The number of aliphatic carboxylic acids is 1. The van der Waals surface area contributed by atoms with Gasteiger partial charge in [0, 0.05) is 12.5 Å². The van der Waals surface area contributed by atoms with Crippen molar-refractivity contribution in [1.29, 1.82) is 0 Å². The van der Waals surface area contributed by atoms with Gasteiger partial charge in [-0.3, -0.25) is 9.59 Å². The zero-order valence-electron chi connectivity index (χ0n) is 10.2. The van der Waals surface area contributed by atoms with Gasteiger partial charge in [-0.15, -0.1) is 0 Å². The quantitative estimate of drug-likeness (QED) is 0.601. The monoisotopic (exact) mass is 230 g/mol. The highest BCUT2D eigenvalue weighted by Gasteiger charge is 2.17. The van der Waals surface area contributed by atoms with Crippen LogP contribution in [0.25, 0.3) is 0 Å². The molecule has 5 heteroatoms. The third-order valence-corrected chi connectivity index (χ3v) is 2.22. The van der Waals surface area contributed by atoms with Crippen LogP contribution < -0.4 is 11.1 Å². The molecule has 0 aliphatic heterocycles. The fourth-order valence-corrected chi connectivity index (χ4v) is 1.53. The van der Waals surface area contributed by atoms with Crippen molar-refractivity contribution in [2.24, 2.45) is 11.7 Å². The van der Waals surface area contributed by atoms with Gasteiger partial charge in [-0.05, 0) is 25.7 Å². The van der Waals surface area contributed by atoms with Gasteiger partial charge in [-0.2, -0.15) is 0 Å². The molecule has 5 nitrogen and oxygen atoms in total. The van der Waals surface area contributed by atoms with Crippen LogP contribution in [0.2, 0.25) is 0 Å². The minimum Gasteiger partial charge on any atom is -0.481 e. The van der Waals surface area contributed by atoms with Crippen LogP contribution >= 0.6 is 0 Å². The molecular weight excluding hydrogens is 208 g/mol. The second-order valence-corrected chi connectivity index (χ2v) is 4.58. The van der Waals surface area contributed by atoms with E-state index in [0.717, 1.165) is 6.42 Å². The summed E-state index contributed by atoms with van der Waals surface area (Å²) in [6, 6.07) is -0.658. The molecule has 0 aliphatic rings. The zero-order chi connectivity index (χ0) is 12.7. The number of hydrogen-bond acceptors (Lipinski definition) is 3. The Bertz CT molecular complexity index is 241. The van der Waals surface area contributed by atoms with Gasteiger partial charge in [0.2, 0.25) is 5.91 Å². The van der Waals surface area contributed by atoms with E-state index >= 15 is 0 Å². The molecule has 2 unspecified atom stereocenters. The summed E-state index contributed by atoms with van der Waals surface area (Å²) in [6.07, 6.45) is 0.986. The molecule has 0 radical (unpaired) electrons. The van der Waals surface area contributed by atoms with Crippen molar-refractivity contribution in [3.05, 3.63) is 0 Å². The van der Waals surface area contributed by atoms with E-state index in [4.69, 9.17) is 10.8 Å². The molecule has 0 saturated carbocycles. The van der Waals surface area contributed by atoms with Gasteiger partial charge in [0.25, 0.3) is 0 Å². The largest absolute Gasteiger partial charge is 0.481 e. The topological polar surface area (TPSA) is 92.4 Å². The van der Waals surface area contributed by atoms with E-state index in [9.17, 15) is 9.59 Å². The van der Waals surface area contributed by atoms with Crippen molar-refractivity contribution in [3.63, 3.8) is 0 Å². The third-order valence-electron chi connectivity index (χ3n) is 2.22. The molecule has 1 amide bonds. The first-order chi connectivity index (χ1) is 7.32. The summed E-state index contributed by atoms with van der Waals surface area (Å²) in [6.45, 7) is 6.07. The van der Waals surface area contributed by atoms with Crippen molar-refractivity contribution >= 4 is 11.9 Å². The lowest BCUT2D eigenvalue weighted by Crippen LogP contribution is -2.44. The van der Waals surface area contributed by atoms with Crippen molar-refractivity contribution < 1.29 is 14.7 Å². The highest BCUT2D eigenvalue weighted by molar-refractivity contribution is 5.82. The van der Waals surface area contributed by atoms with E-state index in [1.54, 1.807) is 0 Å². The van der Waals surface area contributed by atoms with Crippen LogP contribution in [-0.2, 0) is 9.59 Å². The Morgan fingerprint density at radius 2 is 1.88 bits per heavy atom.